The summed E-state index contributed by atoms with van der Waals surface area (Å²) >= 11 is 0. The van der Waals surface area contributed by atoms with Gasteiger partial charge in [-0.15, -0.1) is 0 Å². The Labute approximate surface area is 329 Å². The molecule has 0 unspecified atom stereocenters. The van der Waals surface area contributed by atoms with E-state index in [1.54, 1.807) is 36.4 Å². The average molecular weight is 753 g/mol. The Morgan fingerprint density at radius 3 is 0.684 bits per heavy atom. The van der Waals surface area contributed by atoms with Gasteiger partial charge in [0, 0.05) is 12.1 Å². The highest BCUT2D eigenvalue weighted by atomic mass is 16.5. The van der Waals surface area contributed by atoms with Crippen LogP contribution in [-0.2, 0) is 0 Å². The maximum absolute atomic E-state index is 6.43. The van der Waals surface area contributed by atoms with Gasteiger partial charge in [0.2, 0.25) is 0 Å². The third kappa shape index (κ3) is 9.02. The molecule has 4 N–H and O–H groups in total. The van der Waals surface area contributed by atoms with Crippen molar-refractivity contribution >= 4 is 11.4 Å². The van der Waals surface area contributed by atoms with E-state index in [9.17, 15) is 0 Å². The fourth-order valence-electron chi connectivity index (χ4n) is 5.69. The third-order valence-corrected chi connectivity index (χ3v) is 8.42. The molecule has 0 bridgehead atoms. The Hall–Kier alpha value is -8.04. The third-order valence-electron chi connectivity index (χ3n) is 8.42. The van der Waals surface area contributed by atoms with Crippen molar-refractivity contribution in [3.63, 3.8) is 0 Å². The second kappa shape index (κ2) is 17.0. The second-order valence-corrected chi connectivity index (χ2v) is 12.5. The molecule has 8 rings (SSSR count). The molecular formula is C48H36N2O7. The smallest absolute Gasteiger partial charge is 0.170 e. The molecule has 0 amide bonds. The summed E-state index contributed by atoms with van der Waals surface area (Å²) in [4.78, 5) is 0. The van der Waals surface area contributed by atoms with E-state index in [2.05, 4.69) is 0 Å². The second-order valence-electron chi connectivity index (χ2n) is 12.5. The minimum absolute atomic E-state index is 0.479. The number of hydrogen-bond acceptors (Lipinski definition) is 9. The standard InChI is InChI=1S/C48H36N2O7/c49-37-19-1-3-21-39(37)55-45-27-9-5-23-41(45)51-33-15-13-17-35(31-33)53-43-25-7-11-29-47(43)57-48-30-12-8-26-44(48)54-36-18-14-16-34(32-36)52-42-24-6-10-28-46(42)56-40-22-4-2-20-38(40)50/h1-32H,49-50H2. The van der Waals surface area contributed by atoms with Crippen LogP contribution >= 0.6 is 0 Å². The quantitative estimate of drug-likeness (QED) is 0.105. The summed E-state index contributed by atoms with van der Waals surface area (Å²) < 4.78 is 43.9. The van der Waals surface area contributed by atoms with Crippen molar-refractivity contribution in [2.75, 3.05) is 11.5 Å². The summed E-state index contributed by atoms with van der Waals surface area (Å²) in [7, 11) is 0. The monoisotopic (exact) mass is 752 g/mol. The van der Waals surface area contributed by atoms with Gasteiger partial charge in [-0.2, -0.15) is 0 Å². The zero-order chi connectivity index (χ0) is 38.8. The van der Waals surface area contributed by atoms with Gasteiger partial charge in [-0.3, -0.25) is 0 Å². The van der Waals surface area contributed by atoms with Crippen LogP contribution < -0.4 is 44.6 Å². The van der Waals surface area contributed by atoms with Crippen LogP contribution in [-0.4, -0.2) is 0 Å². The minimum Gasteiger partial charge on any atom is -0.453 e. The van der Waals surface area contributed by atoms with Crippen molar-refractivity contribution in [1.82, 2.24) is 0 Å². The Bertz CT molecular complexity index is 2450. The molecule has 9 heteroatoms. The number of hydrogen-bond donors (Lipinski definition) is 2. The van der Waals surface area contributed by atoms with Crippen LogP contribution in [0, 0.1) is 0 Å². The molecule has 280 valence electrons. The van der Waals surface area contributed by atoms with Crippen LogP contribution in [0.4, 0.5) is 11.4 Å². The molecular weight excluding hydrogens is 717 g/mol. The van der Waals surface area contributed by atoms with Crippen LogP contribution in [0.5, 0.6) is 80.5 Å². The molecule has 0 spiro atoms. The maximum Gasteiger partial charge on any atom is 0.170 e. The zero-order valence-electron chi connectivity index (χ0n) is 30.5. The molecule has 9 nitrogen and oxygen atoms in total. The first kappa shape index (κ1) is 36.0. The summed E-state index contributed by atoms with van der Waals surface area (Å²) in [5, 5.41) is 0. The summed E-state index contributed by atoms with van der Waals surface area (Å²) in [6.07, 6.45) is 0. The Balaban J connectivity index is 0.965. The van der Waals surface area contributed by atoms with E-state index in [0.29, 0.717) is 91.9 Å². The topological polar surface area (TPSA) is 117 Å². The van der Waals surface area contributed by atoms with E-state index < -0.39 is 0 Å². The van der Waals surface area contributed by atoms with Gasteiger partial charge in [-0.25, -0.2) is 0 Å². The summed E-state index contributed by atoms with van der Waals surface area (Å²) in [6.45, 7) is 0. The lowest BCUT2D eigenvalue weighted by Gasteiger charge is -2.16. The van der Waals surface area contributed by atoms with E-state index in [0.717, 1.165) is 0 Å². The first-order chi connectivity index (χ1) is 28.0. The molecule has 0 saturated carbocycles. The number of benzene rings is 8. The fourth-order valence-corrected chi connectivity index (χ4v) is 5.69. The summed E-state index contributed by atoms with van der Waals surface area (Å²) in [6, 6.07) is 58.8. The minimum atomic E-state index is 0.479. The molecule has 0 aliphatic heterocycles. The van der Waals surface area contributed by atoms with Gasteiger partial charge in [-0.1, -0.05) is 84.9 Å². The molecule has 0 aromatic heterocycles. The van der Waals surface area contributed by atoms with Crippen LogP contribution in [0.3, 0.4) is 0 Å². The van der Waals surface area contributed by atoms with E-state index in [1.807, 2.05) is 158 Å². The molecule has 57 heavy (non-hydrogen) atoms. The Morgan fingerprint density at radius 2 is 0.421 bits per heavy atom. The molecule has 0 saturated heterocycles. The van der Waals surface area contributed by atoms with Crippen molar-refractivity contribution in [2.45, 2.75) is 0 Å². The van der Waals surface area contributed by atoms with Crippen molar-refractivity contribution in [2.24, 2.45) is 0 Å². The van der Waals surface area contributed by atoms with Crippen LogP contribution in [0.2, 0.25) is 0 Å². The lowest BCUT2D eigenvalue weighted by molar-refractivity contribution is 0.390. The SMILES string of the molecule is Nc1ccccc1Oc1ccccc1Oc1cccc(Oc2ccccc2Oc2ccccc2Oc2cccc(Oc3ccccc3Oc3ccccc3N)c2)c1. The molecule has 8 aromatic carbocycles. The van der Waals surface area contributed by atoms with Crippen LogP contribution in [0.25, 0.3) is 0 Å². The molecule has 0 atom stereocenters. The Morgan fingerprint density at radius 1 is 0.211 bits per heavy atom. The Kier molecular flexibility index (Phi) is 10.7. The number of para-hydroxylation sites is 12. The van der Waals surface area contributed by atoms with Gasteiger partial charge in [0.1, 0.15) is 23.0 Å². The van der Waals surface area contributed by atoms with Gasteiger partial charge >= 0.3 is 0 Å². The summed E-state index contributed by atoms with van der Waals surface area (Å²) in [5.41, 5.74) is 13.3. The zero-order valence-corrected chi connectivity index (χ0v) is 30.5. The molecule has 0 fully saturated rings. The van der Waals surface area contributed by atoms with Crippen molar-refractivity contribution in [3.05, 3.63) is 194 Å². The predicted molar refractivity (Wildman–Crippen MR) is 221 cm³/mol. The lowest BCUT2D eigenvalue weighted by atomic mass is 10.2. The first-order valence-electron chi connectivity index (χ1n) is 18.0. The van der Waals surface area contributed by atoms with Crippen LogP contribution in [0.1, 0.15) is 0 Å². The largest absolute Gasteiger partial charge is 0.453 e. The van der Waals surface area contributed by atoms with Gasteiger partial charge < -0.3 is 44.6 Å². The van der Waals surface area contributed by atoms with E-state index in [1.165, 1.54) is 0 Å². The van der Waals surface area contributed by atoms with E-state index in [-0.39, 0.29) is 0 Å². The van der Waals surface area contributed by atoms with E-state index >= 15 is 0 Å². The summed E-state index contributed by atoms with van der Waals surface area (Å²) in [5.74, 6) is 7.24. The normalized spacial score (nSPS) is 10.6. The number of ether oxygens (including phenoxy) is 7. The van der Waals surface area contributed by atoms with Gasteiger partial charge in [0.05, 0.1) is 11.4 Å². The predicted octanol–water partition coefficient (Wildman–Crippen LogP) is 13.4. The molecule has 0 radical (unpaired) electrons. The maximum atomic E-state index is 6.43. The van der Waals surface area contributed by atoms with Crippen molar-refractivity contribution in [1.29, 1.82) is 0 Å². The number of rotatable bonds is 14. The van der Waals surface area contributed by atoms with Gasteiger partial charge in [0.15, 0.2) is 57.5 Å². The van der Waals surface area contributed by atoms with Crippen molar-refractivity contribution in [3.8, 4) is 80.5 Å². The number of nitrogens with two attached hydrogens (primary N) is 2. The van der Waals surface area contributed by atoms with Gasteiger partial charge in [-0.05, 0) is 97.1 Å². The molecule has 0 aliphatic carbocycles. The highest BCUT2D eigenvalue weighted by molar-refractivity contribution is 5.57. The number of nitrogen functional groups attached to an aromatic ring is 2. The van der Waals surface area contributed by atoms with Crippen molar-refractivity contribution < 1.29 is 33.2 Å². The molecule has 8 aromatic rings. The highest BCUT2D eigenvalue weighted by Gasteiger charge is 2.15. The molecule has 0 aliphatic rings. The average Bonchev–Trinajstić information content (AvgIpc) is 3.23. The lowest BCUT2D eigenvalue weighted by Crippen LogP contribution is -1.95. The highest BCUT2D eigenvalue weighted by Crippen LogP contribution is 2.42. The number of anilines is 2. The molecule has 0 heterocycles. The van der Waals surface area contributed by atoms with Crippen LogP contribution in [0.15, 0.2) is 194 Å². The first-order valence-corrected chi connectivity index (χ1v) is 18.0. The van der Waals surface area contributed by atoms with E-state index in [4.69, 9.17) is 44.6 Å². The fraction of sp³-hybridized carbons (Fsp3) is 0. The van der Waals surface area contributed by atoms with Gasteiger partial charge in [0.25, 0.3) is 0 Å².